The van der Waals surface area contributed by atoms with E-state index in [2.05, 4.69) is 40.0 Å². The zero-order valence-electron chi connectivity index (χ0n) is 18.6. The molecule has 0 saturated heterocycles. The highest BCUT2D eigenvalue weighted by Gasteiger charge is 2.46. The van der Waals surface area contributed by atoms with E-state index in [0.29, 0.717) is 12.8 Å². The summed E-state index contributed by atoms with van der Waals surface area (Å²) in [6.45, 7) is 0.203. The first kappa shape index (κ1) is 21.7. The minimum absolute atomic E-state index is 0.0372. The molecule has 0 atom stereocenters. The molecule has 0 bridgehead atoms. The number of ether oxygens (including phenoxy) is 1. The molecular formula is C25H24N4O5. The van der Waals surface area contributed by atoms with E-state index in [1.54, 1.807) is 7.05 Å². The number of carboxylic acid groups (broad SMARTS) is 1. The van der Waals surface area contributed by atoms with Crippen molar-refractivity contribution in [3.63, 3.8) is 0 Å². The maximum Gasteiger partial charge on any atom is 0.407 e. The molecule has 2 aromatic carbocycles. The maximum absolute atomic E-state index is 12.6. The van der Waals surface area contributed by atoms with E-state index in [-0.39, 0.29) is 36.4 Å². The molecule has 0 unspecified atom stereocenters. The largest absolute Gasteiger partial charge is 0.476 e. The van der Waals surface area contributed by atoms with Gasteiger partial charge in [0.15, 0.2) is 5.69 Å². The second-order valence-corrected chi connectivity index (χ2v) is 8.80. The molecule has 2 aliphatic carbocycles. The van der Waals surface area contributed by atoms with Crippen LogP contribution in [0.15, 0.2) is 54.6 Å². The number of alkyl carbamates (subject to hydrolysis) is 1. The highest BCUT2D eigenvalue weighted by atomic mass is 16.5. The highest BCUT2D eigenvalue weighted by Crippen LogP contribution is 2.44. The molecule has 2 aliphatic rings. The quantitative estimate of drug-likeness (QED) is 0.496. The number of benzene rings is 2. The van der Waals surface area contributed by atoms with Gasteiger partial charge >= 0.3 is 12.1 Å². The van der Waals surface area contributed by atoms with Crippen LogP contribution in [0.3, 0.4) is 0 Å². The number of rotatable bonds is 7. The molecule has 3 N–H and O–H groups in total. The number of fused-ring (bicyclic) bond motifs is 3. The van der Waals surface area contributed by atoms with Gasteiger partial charge in [-0.3, -0.25) is 9.48 Å². The Morgan fingerprint density at radius 2 is 1.71 bits per heavy atom. The molecule has 3 aromatic rings. The molecule has 0 radical (unpaired) electrons. The second-order valence-electron chi connectivity index (χ2n) is 8.80. The van der Waals surface area contributed by atoms with Crippen LogP contribution >= 0.6 is 0 Å². The van der Waals surface area contributed by atoms with Crippen LogP contribution in [0, 0.1) is 0 Å². The molecule has 1 fully saturated rings. The fourth-order valence-electron chi connectivity index (χ4n) is 4.53. The topological polar surface area (TPSA) is 123 Å². The molecule has 1 saturated carbocycles. The summed E-state index contributed by atoms with van der Waals surface area (Å²) in [7, 11) is 1.55. The summed E-state index contributed by atoms with van der Waals surface area (Å²) >= 11 is 0. The van der Waals surface area contributed by atoms with Crippen molar-refractivity contribution >= 4 is 23.8 Å². The van der Waals surface area contributed by atoms with Gasteiger partial charge in [0, 0.05) is 19.0 Å². The van der Waals surface area contributed by atoms with Crippen molar-refractivity contribution in [3.05, 3.63) is 71.4 Å². The van der Waals surface area contributed by atoms with Gasteiger partial charge in [0.05, 0.1) is 12.0 Å². The van der Waals surface area contributed by atoms with Gasteiger partial charge in [0.1, 0.15) is 12.4 Å². The van der Waals surface area contributed by atoms with Crippen LogP contribution in [0.5, 0.6) is 0 Å². The van der Waals surface area contributed by atoms with Gasteiger partial charge < -0.3 is 20.5 Å². The molecule has 5 rings (SSSR count). The number of nitrogens with zero attached hydrogens (tertiary/aromatic N) is 2. The van der Waals surface area contributed by atoms with E-state index >= 15 is 0 Å². The van der Waals surface area contributed by atoms with Crippen molar-refractivity contribution in [2.45, 2.75) is 30.7 Å². The minimum Gasteiger partial charge on any atom is -0.476 e. The predicted octanol–water partition coefficient (Wildman–Crippen LogP) is 3.52. The Balaban J connectivity index is 1.18. The molecule has 9 heteroatoms. The third kappa shape index (κ3) is 4.12. The standard InChI is InChI=1S/C25H24N4O5/c1-29-21(12-20(28-29)23(31)32)26-22(30)13-25(10-11-25)27-24(33)34-14-19-17-8-4-2-6-15(17)16-7-3-5-9-18(16)19/h2-9,12,19H,10-11,13-14H2,1H3,(H,26,30)(H,27,33)(H,31,32). The number of carboxylic acids is 1. The lowest BCUT2D eigenvalue weighted by Crippen LogP contribution is -2.40. The molecule has 174 valence electrons. The van der Waals surface area contributed by atoms with Crippen molar-refractivity contribution < 1.29 is 24.2 Å². The number of hydrogen-bond acceptors (Lipinski definition) is 5. The van der Waals surface area contributed by atoms with Crippen molar-refractivity contribution in [1.82, 2.24) is 15.1 Å². The first-order valence-electron chi connectivity index (χ1n) is 11.1. The Morgan fingerprint density at radius 1 is 1.09 bits per heavy atom. The number of aromatic carboxylic acids is 1. The van der Waals surface area contributed by atoms with Crippen LogP contribution in [-0.4, -0.2) is 45.0 Å². The summed E-state index contributed by atoms with van der Waals surface area (Å²) in [5.41, 5.74) is 3.77. The number of anilines is 1. The molecule has 1 heterocycles. The fraction of sp³-hybridized carbons (Fsp3) is 0.280. The fourth-order valence-corrected chi connectivity index (χ4v) is 4.53. The summed E-state index contributed by atoms with van der Waals surface area (Å²) in [5, 5.41) is 18.4. The molecule has 2 amide bonds. The number of nitrogens with one attached hydrogen (secondary N) is 2. The molecule has 34 heavy (non-hydrogen) atoms. The zero-order valence-corrected chi connectivity index (χ0v) is 18.6. The second kappa shape index (κ2) is 8.33. The smallest absolute Gasteiger partial charge is 0.407 e. The van der Waals surface area contributed by atoms with Crippen LogP contribution < -0.4 is 10.6 Å². The minimum atomic E-state index is -1.17. The first-order chi connectivity index (χ1) is 16.3. The summed E-state index contributed by atoms with van der Waals surface area (Å²) in [4.78, 5) is 36.2. The predicted molar refractivity (Wildman–Crippen MR) is 124 cm³/mol. The molecule has 1 aromatic heterocycles. The van der Waals surface area contributed by atoms with E-state index in [1.165, 1.54) is 10.7 Å². The summed E-state index contributed by atoms with van der Waals surface area (Å²) in [6, 6.07) is 17.5. The summed E-state index contributed by atoms with van der Waals surface area (Å²) < 4.78 is 6.89. The SMILES string of the molecule is Cn1nc(C(=O)O)cc1NC(=O)CC1(NC(=O)OCC2c3ccccc3-c3ccccc32)CC1. The Labute approximate surface area is 195 Å². The lowest BCUT2D eigenvalue weighted by molar-refractivity contribution is -0.116. The van der Waals surface area contributed by atoms with E-state index < -0.39 is 17.6 Å². The summed E-state index contributed by atoms with van der Waals surface area (Å²) in [5.74, 6) is -1.27. The van der Waals surface area contributed by atoms with E-state index in [0.717, 1.165) is 22.3 Å². The third-order valence-electron chi connectivity index (χ3n) is 6.43. The number of carbonyl (C=O) groups is 3. The van der Waals surface area contributed by atoms with Crippen LogP contribution in [0.2, 0.25) is 0 Å². The van der Waals surface area contributed by atoms with Gasteiger partial charge in [-0.25, -0.2) is 9.59 Å². The van der Waals surface area contributed by atoms with E-state index in [9.17, 15) is 14.4 Å². The highest BCUT2D eigenvalue weighted by molar-refractivity contribution is 5.93. The van der Waals surface area contributed by atoms with Crippen molar-refractivity contribution in [3.8, 4) is 11.1 Å². The van der Waals surface area contributed by atoms with Gasteiger partial charge in [-0.15, -0.1) is 0 Å². The number of carbonyl (C=O) groups excluding carboxylic acids is 2. The monoisotopic (exact) mass is 460 g/mol. The molecular weight excluding hydrogens is 436 g/mol. The van der Waals surface area contributed by atoms with Gasteiger partial charge in [-0.1, -0.05) is 48.5 Å². The molecule has 9 nitrogen and oxygen atoms in total. The number of aromatic nitrogens is 2. The number of amides is 2. The van der Waals surface area contributed by atoms with Crippen molar-refractivity contribution in [2.75, 3.05) is 11.9 Å². The van der Waals surface area contributed by atoms with Crippen LogP contribution in [0.4, 0.5) is 10.6 Å². The van der Waals surface area contributed by atoms with E-state index in [1.807, 2.05) is 24.3 Å². The van der Waals surface area contributed by atoms with Gasteiger partial charge in [0.25, 0.3) is 0 Å². The number of hydrogen-bond donors (Lipinski definition) is 3. The Morgan fingerprint density at radius 3 is 2.26 bits per heavy atom. The third-order valence-corrected chi connectivity index (χ3v) is 6.43. The van der Waals surface area contributed by atoms with Crippen molar-refractivity contribution in [1.29, 1.82) is 0 Å². The average Bonchev–Trinajstić information content (AvgIpc) is 3.33. The number of aryl methyl sites for hydroxylation is 1. The Kier molecular flexibility index (Phi) is 5.31. The first-order valence-corrected chi connectivity index (χ1v) is 11.1. The normalized spacial score (nSPS) is 15.2. The lowest BCUT2D eigenvalue weighted by atomic mass is 9.98. The average molecular weight is 460 g/mol. The summed E-state index contributed by atoms with van der Waals surface area (Å²) in [6.07, 6.45) is 0.832. The Hall–Kier alpha value is -4.14. The maximum atomic E-state index is 12.6. The molecule has 0 aliphatic heterocycles. The molecule has 0 spiro atoms. The van der Waals surface area contributed by atoms with E-state index in [4.69, 9.17) is 9.84 Å². The van der Waals surface area contributed by atoms with Gasteiger partial charge in [0.2, 0.25) is 5.91 Å². The van der Waals surface area contributed by atoms with Crippen molar-refractivity contribution in [2.24, 2.45) is 7.05 Å². The zero-order chi connectivity index (χ0) is 23.9. The van der Waals surface area contributed by atoms with Gasteiger partial charge in [-0.05, 0) is 35.1 Å². The van der Waals surface area contributed by atoms with Crippen LogP contribution in [0.1, 0.15) is 46.8 Å². The van der Waals surface area contributed by atoms with Gasteiger partial charge in [-0.2, -0.15) is 5.10 Å². The van der Waals surface area contributed by atoms with Crippen LogP contribution in [-0.2, 0) is 16.6 Å². The van der Waals surface area contributed by atoms with Crippen LogP contribution in [0.25, 0.3) is 11.1 Å². The Bertz CT molecular complexity index is 1250. The lowest BCUT2D eigenvalue weighted by Gasteiger charge is -2.19.